The van der Waals surface area contributed by atoms with Crippen molar-refractivity contribution in [2.24, 2.45) is 5.92 Å². The number of hydrogen-bond acceptors (Lipinski definition) is 3. The predicted molar refractivity (Wildman–Crippen MR) is 65.6 cm³/mol. The summed E-state index contributed by atoms with van der Waals surface area (Å²) in [6, 6.07) is 1.76. The molecular formula is C12H13ClN4. The lowest BCUT2D eigenvalue weighted by molar-refractivity contribution is 0.266. The van der Waals surface area contributed by atoms with Crippen molar-refractivity contribution in [2.75, 3.05) is 0 Å². The molecule has 0 N–H and O–H groups in total. The summed E-state index contributed by atoms with van der Waals surface area (Å²) in [5.41, 5.74) is 1.82. The molecule has 0 radical (unpaired) electrons. The zero-order valence-electron chi connectivity index (χ0n) is 9.38. The summed E-state index contributed by atoms with van der Waals surface area (Å²) < 4.78 is 2.00. The van der Waals surface area contributed by atoms with Crippen LogP contribution in [0.15, 0.2) is 24.8 Å². The van der Waals surface area contributed by atoms with E-state index in [9.17, 15) is 0 Å². The van der Waals surface area contributed by atoms with Gasteiger partial charge in [-0.25, -0.2) is 9.97 Å². The molecule has 0 unspecified atom stereocenters. The molecule has 2 aromatic heterocycles. The molecule has 88 valence electrons. The second-order valence-electron chi connectivity index (χ2n) is 4.47. The lowest BCUT2D eigenvalue weighted by Crippen LogP contribution is -2.18. The predicted octanol–water partition coefficient (Wildman–Crippen LogP) is 2.79. The van der Waals surface area contributed by atoms with E-state index in [1.165, 1.54) is 25.6 Å². The fourth-order valence-corrected chi connectivity index (χ4v) is 2.17. The van der Waals surface area contributed by atoms with Crippen molar-refractivity contribution in [1.82, 2.24) is 19.7 Å². The van der Waals surface area contributed by atoms with Gasteiger partial charge in [0.15, 0.2) is 0 Å². The van der Waals surface area contributed by atoms with Crippen LogP contribution in [-0.4, -0.2) is 19.7 Å². The molecule has 1 aliphatic rings. The normalized spacial score (nSPS) is 15.8. The van der Waals surface area contributed by atoms with Crippen LogP contribution >= 0.6 is 11.6 Å². The number of rotatable bonds is 3. The number of hydrogen-bond donors (Lipinski definition) is 0. The topological polar surface area (TPSA) is 43.6 Å². The highest BCUT2D eigenvalue weighted by molar-refractivity contribution is 6.29. The SMILES string of the molecule is Clc1cc(-c2cnn(CC3CCC3)c2)ncn1. The van der Waals surface area contributed by atoms with Crippen LogP contribution in [0.25, 0.3) is 11.3 Å². The summed E-state index contributed by atoms with van der Waals surface area (Å²) in [5.74, 6) is 0.803. The monoisotopic (exact) mass is 248 g/mol. The van der Waals surface area contributed by atoms with Gasteiger partial charge in [0.05, 0.1) is 11.9 Å². The Kier molecular flexibility index (Phi) is 2.81. The van der Waals surface area contributed by atoms with Gasteiger partial charge in [0.1, 0.15) is 11.5 Å². The van der Waals surface area contributed by atoms with Crippen molar-refractivity contribution in [1.29, 1.82) is 0 Å². The molecule has 3 rings (SSSR count). The number of halogens is 1. The van der Waals surface area contributed by atoms with Gasteiger partial charge in [-0.1, -0.05) is 18.0 Å². The van der Waals surface area contributed by atoms with Crippen molar-refractivity contribution in [2.45, 2.75) is 25.8 Å². The van der Waals surface area contributed by atoms with Gasteiger partial charge in [0, 0.05) is 24.4 Å². The van der Waals surface area contributed by atoms with E-state index in [2.05, 4.69) is 15.1 Å². The molecule has 2 aromatic rings. The molecule has 0 aromatic carbocycles. The lowest BCUT2D eigenvalue weighted by atomic mass is 9.85. The van der Waals surface area contributed by atoms with Crippen LogP contribution in [0.4, 0.5) is 0 Å². The van der Waals surface area contributed by atoms with Gasteiger partial charge >= 0.3 is 0 Å². The van der Waals surface area contributed by atoms with Crippen LogP contribution < -0.4 is 0 Å². The first-order chi connectivity index (χ1) is 8.31. The maximum absolute atomic E-state index is 5.84. The van der Waals surface area contributed by atoms with E-state index in [-0.39, 0.29) is 0 Å². The minimum Gasteiger partial charge on any atom is -0.272 e. The van der Waals surface area contributed by atoms with Gasteiger partial charge in [0.25, 0.3) is 0 Å². The molecule has 0 saturated heterocycles. The maximum atomic E-state index is 5.84. The highest BCUT2D eigenvalue weighted by Gasteiger charge is 2.18. The van der Waals surface area contributed by atoms with Crippen molar-refractivity contribution in [3.63, 3.8) is 0 Å². The summed E-state index contributed by atoms with van der Waals surface area (Å²) in [6.07, 6.45) is 9.35. The third-order valence-electron chi connectivity index (χ3n) is 3.23. The first kappa shape index (κ1) is 10.7. The molecule has 0 spiro atoms. The summed E-state index contributed by atoms with van der Waals surface area (Å²) in [4.78, 5) is 8.06. The van der Waals surface area contributed by atoms with Crippen LogP contribution in [0.2, 0.25) is 5.15 Å². The Morgan fingerprint density at radius 1 is 1.35 bits per heavy atom. The van der Waals surface area contributed by atoms with E-state index < -0.39 is 0 Å². The lowest BCUT2D eigenvalue weighted by Gasteiger charge is -2.24. The Bertz CT molecular complexity index is 519. The van der Waals surface area contributed by atoms with Crippen LogP contribution in [0.1, 0.15) is 19.3 Å². The largest absolute Gasteiger partial charge is 0.272 e. The second kappa shape index (κ2) is 4.45. The Labute approximate surface area is 105 Å². The molecule has 1 saturated carbocycles. The zero-order valence-corrected chi connectivity index (χ0v) is 10.1. The van der Waals surface area contributed by atoms with Crippen molar-refractivity contribution < 1.29 is 0 Å². The van der Waals surface area contributed by atoms with E-state index in [1.807, 2.05) is 17.1 Å². The fourth-order valence-electron chi connectivity index (χ4n) is 2.03. The molecular weight excluding hydrogens is 236 g/mol. The van der Waals surface area contributed by atoms with Crippen molar-refractivity contribution in [3.05, 3.63) is 29.9 Å². The zero-order chi connectivity index (χ0) is 11.7. The highest BCUT2D eigenvalue weighted by Crippen LogP contribution is 2.28. The third-order valence-corrected chi connectivity index (χ3v) is 3.44. The van der Waals surface area contributed by atoms with Gasteiger partial charge in [-0.2, -0.15) is 5.10 Å². The quantitative estimate of drug-likeness (QED) is 0.785. The summed E-state index contributed by atoms with van der Waals surface area (Å²) >= 11 is 5.84. The Balaban J connectivity index is 1.79. The standard InChI is InChI=1S/C12H13ClN4/c13-12-4-11(14-8-15-12)10-5-16-17(7-10)6-9-2-1-3-9/h4-5,7-9H,1-3,6H2. The van der Waals surface area contributed by atoms with Gasteiger partial charge in [-0.05, 0) is 18.8 Å². The molecule has 17 heavy (non-hydrogen) atoms. The van der Waals surface area contributed by atoms with E-state index in [0.717, 1.165) is 23.7 Å². The Hall–Kier alpha value is -1.42. The summed E-state index contributed by atoms with van der Waals surface area (Å²) in [7, 11) is 0. The molecule has 1 fully saturated rings. The Morgan fingerprint density at radius 3 is 2.94 bits per heavy atom. The van der Waals surface area contributed by atoms with Gasteiger partial charge in [-0.15, -0.1) is 0 Å². The van der Waals surface area contributed by atoms with Gasteiger partial charge < -0.3 is 0 Å². The maximum Gasteiger partial charge on any atom is 0.133 e. The molecule has 4 nitrogen and oxygen atoms in total. The van der Waals surface area contributed by atoms with Crippen LogP contribution in [0.5, 0.6) is 0 Å². The molecule has 5 heteroatoms. The Morgan fingerprint density at radius 2 is 2.24 bits per heavy atom. The minimum atomic E-state index is 0.460. The number of nitrogens with zero attached hydrogens (tertiary/aromatic N) is 4. The average molecular weight is 249 g/mol. The van der Waals surface area contributed by atoms with E-state index in [4.69, 9.17) is 11.6 Å². The molecule has 0 amide bonds. The first-order valence-electron chi connectivity index (χ1n) is 5.81. The van der Waals surface area contributed by atoms with Crippen LogP contribution in [-0.2, 0) is 6.54 Å². The van der Waals surface area contributed by atoms with E-state index in [1.54, 1.807) is 6.07 Å². The number of aromatic nitrogens is 4. The summed E-state index contributed by atoms with van der Waals surface area (Å²) in [6.45, 7) is 1.01. The fraction of sp³-hybridized carbons (Fsp3) is 0.417. The van der Waals surface area contributed by atoms with Gasteiger partial charge in [-0.3, -0.25) is 4.68 Å². The van der Waals surface area contributed by atoms with Crippen molar-refractivity contribution in [3.8, 4) is 11.3 Å². The van der Waals surface area contributed by atoms with Crippen LogP contribution in [0.3, 0.4) is 0 Å². The third kappa shape index (κ3) is 2.31. The second-order valence-corrected chi connectivity index (χ2v) is 4.86. The summed E-state index contributed by atoms with van der Waals surface area (Å²) in [5, 5.41) is 4.82. The molecule has 0 atom stereocenters. The van der Waals surface area contributed by atoms with E-state index in [0.29, 0.717) is 5.15 Å². The van der Waals surface area contributed by atoms with Crippen molar-refractivity contribution >= 4 is 11.6 Å². The first-order valence-corrected chi connectivity index (χ1v) is 6.19. The average Bonchev–Trinajstić information content (AvgIpc) is 2.72. The molecule has 0 aliphatic heterocycles. The van der Waals surface area contributed by atoms with Gasteiger partial charge in [0.2, 0.25) is 0 Å². The molecule has 2 heterocycles. The smallest absolute Gasteiger partial charge is 0.133 e. The van der Waals surface area contributed by atoms with Crippen LogP contribution in [0, 0.1) is 5.92 Å². The van der Waals surface area contributed by atoms with E-state index >= 15 is 0 Å². The molecule has 1 aliphatic carbocycles. The highest BCUT2D eigenvalue weighted by atomic mass is 35.5. The molecule has 0 bridgehead atoms. The minimum absolute atomic E-state index is 0.460.